The van der Waals surface area contributed by atoms with Crippen LogP contribution in [0, 0.1) is 20.8 Å². The van der Waals surface area contributed by atoms with E-state index >= 15 is 0 Å². The van der Waals surface area contributed by atoms with Crippen molar-refractivity contribution >= 4 is 40.4 Å². The molecule has 174 valence electrons. The molecule has 0 fully saturated rings. The van der Waals surface area contributed by atoms with E-state index < -0.39 is 0 Å². The van der Waals surface area contributed by atoms with Crippen LogP contribution in [0.2, 0.25) is 5.02 Å². The minimum atomic E-state index is -0.279. The van der Waals surface area contributed by atoms with Crippen molar-refractivity contribution in [2.24, 2.45) is 0 Å². The highest BCUT2D eigenvalue weighted by molar-refractivity contribution is 6.31. The van der Waals surface area contributed by atoms with Gasteiger partial charge < -0.3 is 14.2 Å². The third kappa shape index (κ3) is 4.91. The van der Waals surface area contributed by atoms with Crippen molar-refractivity contribution in [3.8, 4) is 22.8 Å². The Hall–Kier alpha value is -4.09. The number of halogens is 1. The van der Waals surface area contributed by atoms with E-state index in [-0.39, 0.29) is 5.91 Å². The van der Waals surface area contributed by atoms with Crippen molar-refractivity contribution in [3.63, 3.8) is 0 Å². The second kappa shape index (κ2) is 9.28. The summed E-state index contributed by atoms with van der Waals surface area (Å²) in [6.45, 7) is 6.08. The number of amides is 1. The molecule has 35 heavy (non-hydrogen) atoms. The van der Waals surface area contributed by atoms with Crippen molar-refractivity contribution in [2.45, 2.75) is 20.8 Å². The molecule has 0 atom stereocenters. The fourth-order valence-electron chi connectivity index (χ4n) is 3.69. The first kappa shape index (κ1) is 22.7. The Balaban J connectivity index is 1.28. The molecule has 5 aromatic rings. The molecule has 0 bridgehead atoms. The number of nitrogens with one attached hydrogen (secondary N) is 1. The number of benzene rings is 3. The highest BCUT2D eigenvalue weighted by atomic mass is 35.5. The van der Waals surface area contributed by atoms with Gasteiger partial charge in [-0.15, -0.1) is 0 Å². The number of fused-ring (bicyclic) bond motifs is 1. The average Bonchev–Trinajstić information content (AvgIpc) is 3.48. The van der Waals surface area contributed by atoms with Crippen molar-refractivity contribution in [1.29, 1.82) is 0 Å². The zero-order chi connectivity index (χ0) is 24.5. The minimum absolute atomic E-state index is 0.279. The molecule has 5 nitrogen and oxygen atoms in total. The van der Waals surface area contributed by atoms with Crippen molar-refractivity contribution in [3.05, 3.63) is 100 Å². The van der Waals surface area contributed by atoms with E-state index in [9.17, 15) is 4.79 Å². The number of hydrogen-bond acceptors (Lipinski definition) is 4. The van der Waals surface area contributed by atoms with Gasteiger partial charge in [-0.05, 0) is 92.1 Å². The van der Waals surface area contributed by atoms with Crippen LogP contribution in [0.15, 0.2) is 81.6 Å². The molecule has 0 saturated heterocycles. The highest BCUT2D eigenvalue weighted by Crippen LogP contribution is 2.29. The molecule has 3 aromatic carbocycles. The van der Waals surface area contributed by atoms with Crippen LogP contribution < -0.4 is 5.32 Å². The van der Waals surface area contributed by atoms with Crippen LogP contribution in [0.5, 0.6) is 0 Å². The molecule has 2 heterocycles. The van der Waals surface area contributed by atoms with Gasteiger partial charge in [-0.25, -0.2) is 4.98 Å². The smallest absolute Gasteiger partial charge is 0.248 e. The van der Waals surface area contributed by atoms with E-state index in [1.165, 1.54) is 17.2 Å². The van der Waals surface area contributed by atoms with Crippen LogP contribution in [-0.4, -0.2) is 10.9 Å². The summed E-state index contributed by atoms with van der Waals surface area (Å²) >= 11 is 6.21. The molecule has 0 radical (unpaired) electrons. The SMILES string of the molecule is Cc1ccc(-c2nc3cc(NC(=O)C=Cc4ccc(-c5ccc(C)c(Cl)c5)o4)ccc3o2)cc1C. The monoisotopic (exact) mass is 482 g/mol. The summed E-state index contributed by atoms with van der Waals surface area (Å²) in [5, 5.41) is 3.54. The first-order chi connectivity index (χ1) is 16.9. The molecular formula is C29H23ClN2O3. The van der Waals surface area contributed by atoms with Crippen molar-refractivity contribution in [1.82, 2.24) is 4.98 Å². The van der Waals surface area contributed by atoms with Gasteiger partial charge in [0, 0.05) is 27.9 Å². The zero-order valence-electron chi connectivity index (χ0n) is 19.6. The van der Waals surface area contributed by atoms with E-state index in [1.54, 1.807) is 24.3 Å². The number of nitrogens with zero attached hydrogens (tertiary/aromatic N) is 1. The Labute approximate surface area is 208 Å². The van der Waals surface area contributed by atoms with Gasteiger partial charge in [0.25, 0.3) is 0 Å². The van der Waals surface area contributed by atoms with Crippen LogP contribution in [0.3, 0.4) is 0 Å². The first-order valence-corrected chi connectivity index (χ1v) is 11.6. The number of aryl methyl sites for hydroxylation is 3. The highest BCUT2D eigenvalue weighted by Gasteiger charge is 2.11. The van der Waals surface area contributed by atoms with Gasteiger partial charge >= 0.3 is 0 Å². The van der Waals surface area contributed by atoms with Gasteiger partial charge in [-0.2, -0.15) is 0 Å². The van der Waals surface area contributed by atoms with Gasteiger partial charge in [0.1, 0.15) is 17.0 Å². The molecule has 0 unspecified atom stereocenters. The summed E-state index contributed by atoms with van der Waals surface area (Å²) in [6.07, 6.45) is 3.05. The number of furan rings is 1. The fraction of sp³-hybridized carbons (Fsp3) is 0.103. The predicted octanol–water partition coefficient (Wildman–Crippen LogP) is 7.99. The second-order valence-electron chi connectivity index (χ2n) is 8.49. The largest absolute Gasteiger partial charge is 0.457 e. The lowest BCUT2D eigenvalue weighted by molar-refractivity contribution is -0.111. The maximum absolute atomic E-state index is 12.5. The van der Waals surface area contributed by atoms with Gasteiger partial charge in [0.15, 0.2) is 5.58 Å². The van der Waals surface area contributed by atoms with Crippen LogP contribution in [0.1, 0.15) is 22.5 Å². The number of carbonyl (C=O) groups excluding carboxylic acids is 1. The maximum atomic E-state index is 12.5. The van der Waals surface area contributed by atoms with E-state index in [4.69, 9.17) is 20.4 Å². The van der Waals surface area contributed by atoms with Gasteiger partial charge in [0.2, 0.25) is 11.8 Å². The second-order valence-corrected chi connectivity index (χ2v) is 8.90. The molecule has 0 saturated carbocycles. The molecule has 1 N–H and O–H groups in total. The number of rotatable bonds is 5. The van der Waals surface area contributed by atoms with Gasteiger partial charge in [0.05, 0.1) is 0 Å². The topological polar surface area (TPSA) is 68.3 Å². The van der Waals surface area contributed by atoms with E-state index in [2.05, 4.69) is 36.3 Å². The zero-order valence-corrected chi connectivity index (χ0v) is 20.3. The number of carbonyl (C=O) groups is 1. The standard InChI is InChI=1S/C29H23ClN2O3/c1-17-4-7-21(14-19(17)3)29-32-25-16-22(8-11-27(25)35-29)31-28(33)13-10-23-9-12-26(34-23)20-6-5-18(2)24(30)15-20/h4-16H,1-3H3,(H,31,33). The van der Waals surface area contributed by atoms with E-state index in [0.29, 0.717) is 39.2 Å². The van der Waals surface area contributed by atoms with Crippen LogP contribution in [0.25, 0.3) is 40.0 Å². The summed E-state index contributed by atoms with van der Waals surface area (Å²) in [7, 11) is 0. The molecule has 0 spiro atoms. The molecular weight excluding hydrogens is 460 g/mol. The fourth-order valence-corrected chi connectivity index (χ4v) is 3.87. The summed E-state index contributed by atoms with van der Waals surface area (Å²) < 4.78 is 11.7. The molecule has 5 rings (SSSR count). The van der Waals surface area contributed by atoms with Crippen LogP contribution in [0.4, 0.5) is 5.69 Å². The van der Waals surface area contributed by atoms with Crippen molar-refractivity contribution < 1.29 is 13.6 Å². The molecule has 1 amide bonds. The number of hydrogen-bond donors (Lipinski definition) is 1. The van der Waals surface area contributed by atoms with Gasteiger partial charge in [-0.3, -0.25) is 4.79 Å². The Morgan fingerprint density at radius 3 is 2.46 bits per heavy atom. The maximum Gasteiger partial charge on any atom is 0.248 e. The predicted molar refractivity (Wildman–Crippen MR) is 140 cm³/mol. The van der Waals surface area contributed by atoms with Crippen molar-refractivity contribution in [2.75, 3.05) is 5.32 Å². The summed E-state index contributed by atoms with van der Waals surface area (Å²) in [5.41, 5.74) is 7.16. The Morgan fingerprint density at radius 2 is 1.66 bits per heavy atom. The lowest BCUT2D eigenvalue weighted by Gasteiger charge is -2.01. The lowest BCUT2D eigenvalue weighted by Crippen LogP contribution is -2.07. The average molecular weight is 483 g/mol. The van der Waals surface area contributed by atoms with E-state index in [1.807, 2.05) is 43.3 Å². The Kier molecular flexibility index (Phi) is 6.01. The molecule has 0 aliphatic carbocycles. The van der Waals surface area contributed by atoms with Crippen LogP contribution >= 0.6 is 11.6 Å². The first-order valence-electron chi connectivity index (χ1n) is 11.2. The third-order valence-corrected chi connectivity index (χ3v) is 6.30. The number of oxazole rings is 1. The minimum Gasteiger partial charge on any atom is -0.457 e. The summed E-state index contributed by atoms with van der Waals surface area (Å²) in [5.74, 6) is 1.52. The van der Waals surface area contributed by atoms with Crippen LogP contribution in [-0.2, 0) is 4.79 Å². The van der Waals surface area contributed by atoms with Gasteiger partial charge in [-0.1, -0.05) is 29.8 Å². The normalized spacial score (nSPS) is 11.4. The molecule has 0 aliphatic rings. The number of aromatic nitrogens is 1. The lowest BCUT2D eigenvalue weighted by atomic mass is 10.1. The third-order valence-electron chi connectivity index (χ3n) is 5.89. The summed E-state index contributed by atoms with van der Waals surface area (Å²) in [6, 6.07) is 20.9. The Bertz CT molecular complexity index is 1590. The molecule has 2 aromatic heterocycles. The molecule has 0 aliphatic heterocycles. The van der Waals surface area contributed by atoms with E-state index in [0.717, 1.165) is 16.7 Å². The Morgan fingerprint density at radius 1 is 0.857 bits per heavy atom. The number of anilines is 1. The quantitative estimate of drug-likeness (QED) is 0.258. The molecule has 6 heteroatoms. The summed E-state index contributed by atoms with van der Waals surface area (Å²) in [4.78, 5) is 17.1.